The first-order valence-corrected chi connectivity index (χ1v) is 19.9. The molecule has 0 aromatic heterocycles. The summed E-state index contributed by atoms with van der Waals surface area (Å²) in [7, 11) is 0. The predicted octanol–water partition coefficient (Wildman–Crippen LogP) is 12.0. The van der Waals surface area contributed by atoms with Crippen LogP contribution in [0.15, 0.2) is 0 Å². The maximum Gasteiger partial charge on any atom is 0.306 e. The Morgan fingerprint density at radius 1 is 0.413 bits per heavy atom. The van der Waals surface area contributed by atoms with Gasteiger partial charge in [-0.15, -0.1) is 0 Å². The highest BCUT2D eigenvalue weighted by Crippen LogP contribution is 2.15. The van der Waals surface area contributed by atoms with Crippen molar-refractivity contribution in [1.29, 1.82) is 0 Å². The van der Waals surface area contributed by atoms with Gasteiger partial charge in [0.25, 0.3) is 0 Å². The van der Waals surface area contributed by atoms with Gasteiger partial charge in [-0.05, 0) is 25.2 Å². The lowest BCUT2D eigenvalue weighted by Gasteiger charge is -2.18. The van der Waals surface area contributed by atoms with Crippen LogP contribution in [0.4, 0.5) is 0 Å². The largest absolute Gasteiger partial charge is 0.462 e. The molecule has 6 heteroatoms. The zero-order chi connectivity index (χ0) is 33.9. The second-order valence-electron chi connectivity index (χ2n) is 14.0. The van der Waals surface area contributed by atoms with Crippen molar-refractivity contribution in [3.63, 3.8) is 0 Å². The predicted molar refractivity (Wildman–Crippen MR) is 192 cm³/mol. The molecule has 0 aliphatic rings. The van der Waals surface area contributed by atoms with E-state index in [1.807, 2.05) is 0 Å². The molecule has 1 atom stereocenters. The van der Waals surface area contributed by atoms with Crippen LogP contribution in [0.2, 0.25) is 0 Å². The zero-order valence-corrected chi connectivity index (χ0v) is 31.0. The van der Waals surface area contributed by atoms with Crippen molar-refractivity contribution in [1.82, 2.24) is 0 Å². The van der Waals surface area contributed by atoms with Crippen LogP contribution in [-0.2, 0) is 28.6 Å². The number of unbranched alkanes of at least 4 members (excludes halogenated alkanes) is 22. The summed E-state index contributed by atoms with van der Waals surface area (Å²) < 4.78 is 16.5. The average Bonchev–Trinajstić information content (AvgIpc) is 3.03. The molecule has 0 aliphatic carbocycles. The van der Waals surface area contributed by atoms with Crippen molar-refractivity contribution >= 4 is 17.9 Å². The fourth-order valence-electron chi connectivity index (χ4n) is 5.74. The first-order chi connectivity index (χ1) is 22.4. The van der Waals surface area contributed by atoms with E-state index in [4.69, 9.17) is 14.2 Å². The molecule has 0 aromatic carbocycles. The molecule has 0 saturated heterocycles. The van der Waals surface area contributed by atoms with Crippen LogP contribution < -0.4 is 0 Å². The quantitative estimate of drug-likeness (QED) is 0.0385. The van der Waals surface area contributed by atoms with E-state index in [1.54, 1.807) is 0 Å². The summed E-state index contributed by atoms with van der Waals surface area (Å²) in [5.74, 6) is -0.0720. The lowest BCUT2D eigenvalue weighted by Crippen LogP contribution is -2.30. The Kier molecular flexibility index (Phi) is 33.5. The van der Waals surface area contributed by atoms with Gasteiger partial charge >= 0.3 is 17.9 Å². The molecule has 0 amide bonds. The summed E-state index contributed by atoms with van der Waals surface area (Å²) in [6.45, 7) is 8.86. The Morgan fingerprint density at radius 3 is 1.07 bits per heavy atom. The van der Waals surface area contributed by atoms with E-state index in [1.165, 1.54) is 103 Å². The van der Waals surface area contributed by atoms with Crippen LogP contribution in [0.25, 0.3) is 0 Å². The summed E-state index contributed by atoms with van der Waals surface area (Å²) in [5, 5.41) is 0. The molecule has 0 radical (unpaired) electrons. The fraction of sp³-hybridized carbons (Fsp3) is 0.925. The lowest BCUT2D eigenvalue weighted by atomic mass is 10.0. The molecule has 272 valence electrons. The summed E-state index contributed by atoms with van der Waals surface area (Å²) in [6.07, 6.45) is 31.1. The zero-order valence-electron chi connectivity index (χ0n) is 31.0. The molecule has 0 fully saturated rings. The van der Waals surface area contributed by atoms with Gasteiger partial charge in [-0.1, -0.05) is 175 Å². The number of ether oxygens (including phenoxy) is 3. The molecule has 46 heavy (non-hydrogen) atoms. The molecule has 0 aromatic rings. The molecule has 0 N–H and O–H groups in total. The van der Waals surface area contributed by atoms with Crippen LogP contribution in [0.5, 0.6) is 0 Å². The van der Waals surface area contributed by atoms with E-state index in [2.05, 4.69) is 27.7 Å². The minimum atomic E-state index is -0.756. The molecule has 0 saturated carbocycles. The van der Waals surface area contributed by atoms with Gasteiger partial charge in [-0.2, -0.15) is 0 Å². The van der Waals surface area contributed by atoms with E-state index in [9.17, 15) is 14.4 Å². The smallest absolute Gasteiger partial charge is 0.306 e. The van der Waals surface area contributed by atoms with Gasteiger partial charge in [-0.3, -0.25) is 14.4 Å². The van der Waals surface area contributed by atoms with E-state index in [0.717, 1.165) is 70.1 Å². The summed E-state index contributed by atoms with van der Waals surface area (Å²) in [5.41, 5.74) is 0. The number of hydrogen-bond donors (Lipinski definition) is 0. The van der Waals surface area contributed by atoms with Crippen LogP contribution >= 0.6 is 0 Å². The minimum Gasteiger partial charge on any atom is -0.462 e. The maximum absolute atomic E-state index is 12.6. The standard InChI is InChI=1S/C40H76O6/c1-5-7-9-11-12-13-14-17-20-24-28-32-39(42)45-35-37(34-44-38(41)31-27-22-10-8-6-2)46-40(43)33-29-25-21-18-15-16-19-23-26-30-36(3)4/h36-37H,5-35H2,1-4H3/t37-/m1/s1. The molecule has 0 heterocycles. The SMILES string of the molecule is CCCCCCCCCCCCCC(=O)OC[C@@H](COC(=O)CCCCCCC)OC(=O)CCCCCCCCCCCC(C)C. The van der Waals surface area contributed by atoms with E-state index in [-0.39, 0.29) is 31.1 Å². The normalized spacial score (nSPS) is 11.9. The second kappa shape index (κ2) is 34.7. The van der Waals surface area contributed by atoms with Crippen LogP contribution in [0.1, 0.15) is 214 Å². The third kappa shape index (κ3) is 33.8. The molecule has 0 bridgehead atoms. The third-order valence-corrected chi connectivity index (χ3v) is 8.79. The first kappa shape index (κ1) is 44.4. The molecule has 0 unspecified atom stereocenters. The highest BCUT2D eigenvalue weighted by Gasteiger charge is 2.19. The van der Waals surface area contributed by atoms with Crippen LogP contribution in [0.3, 0.4) is 0 Å². The molecular weight excluding hydrogens is 576 g/mol. The average molecular weight is 653 g/mol. The van der Waals surface area contributed by atoms with Crippen LogP contribution in [-0.4, -0.2) is 37.2 Å². The van der Waals surface area contributed by atoms with Gasteiger partial charge in [0.05, 0.1) is 0 Å². The van der Waals surface area contributed by atoms with Crippen LogP contribution in [0, 0.1) is 5.92 Å². The van der Waals surface area contributed by atoms with Gasteiger partial charge in [0.15, 0.2) is 6.10 Å². The summed E-state index contributed by atoms with van der Waals surface area (Å²) in [4.78, 5) is 37.2. The Labute approximate surface area is 285 Å². The van der Waals surface area contributed by atoms with Crippen molar-refractivity contribution in [3.05, 3.63) is 0 Å². The molecule has 0 aliphatic heterocycles. The van der Waals surface area contributed by atoms with Crippen molar-refractivity contribution in [2.45, 2.75) is 220 Å². The summed E-state index contributed by atoms with van der Waals surface area (Å²) in [6, 6.07) is 0. The number of esters is 3. The van der Waals surface area contributed by atoms with Crippen molar-refractivity contribution < 1.29 is 28.6 Å². The number of carbonyl (C=O) groups is 3. The Morgan fingerprint density at radius 2 is 0.717 bits per heavy atom. The Bertz CT molecular complexity index is 691. The van der Waals surface area contributed by atoms with E-state index < -0.39 is 6.10 Å². The highest BCUT2D eigenvalue weighted by atomic mass is 16.6. The van der Waals surface area contributed by atoms with E-state index >= 15 is 0 Å². The number of carbonyl (C=O) groups excluding carboxylic acids is 3. The van der Waals surface area contributed by atoms with Gasteiger partial charge in [0.2, 0.25) is 0 Å². The van der Waals surface area contributed by atoms with Gasteiger partial charge in [0.1, 0.15) is 13.2 Å². The fourth-order valence-corrected chi connectivity index (χ4v) is 5.74. The van der Waals surface area contributed by atoms with Crippen molar-refractivity contribution in [2.75, 3.05) is 13.2 Å². The van der Waals surface area contributed by atoms with Gasteiger partial charge < -0.3 is 14.2 Å². The molecule has 0 rings (SSSR count). The number of hydrogen-bond acceptors (Lipinski definition) is 6. The van der Waals surface area contributed by atoms with Gasteiger partial charge in [0, 0.05) is 19.3 Å². The first-order valence-electron chi connectivity index (χ1n) is 19.9. The summed E-state index contributed by atoms with van der Waals surface area (Å²) >= 11 is 0. The van der Waals surface area contributed by atoms with Crippen molar-refractivity contribution in [2.24, 2.45) is 5.92 Å². The minimum absolute atomic E-state index is 0.0659. The highest BCUT2D eigenvalue weighted by molar-refractivity contribution is 5.71. The maximum atomic E-state index is 12.6. The van der Waals surface area contributed by atoms with E-state index in [0.29, 0.717) is 19.3 Å². The monoisotopic (exact) mass is 653 g/mol. The lowest BCUT2D eigenvalue weighted by molar-refractivity contribution is -0.167. The molecule has 6 nitrogen and oxygen atoms in total. The van der Waals surface area contributed by atoms with Crippen molar-refractivity contribution in [3.8, 4) is 0 Å². The van der Waals surface area contributed by atoms with Gasteiger partial charge in [-0.25, -0.2) is 0 Å². The number of rotatable bonds is 35. The second-order valence-corrected chi connectivity index (χ2v) is 14.0. The molecular formula is C40H76O6. The molecule has 0 spiro atoms. The third-order valence-electron chi connectivity index (χ3n) is 8.79. The Hall–Kier alpha value is -1.59. The Balaban J connectivity index is 4.26. The topological polar surface area (TPSA) is 78.9 Å².